The Bertz CT molecular complexity index is 1070. The van der Waals surface area contributed by atoms with Crippen LogP contribution in [0.2, 0.25) is 0 Å². The molecule has 8 nitrogen and oxygen atoms in total. The van der Waals surface area contributed by atoms with Gasteiger partial charge in [-0.15, -0.1) is 5.10 Å². The fraction of sp³-hybridized carbons (Fsp3) is 0.292. The van der Waals surface area contributed by atoms with Gasteiger partial charge in [0.2, 0.25) is 5.91 Å². The Morgan fingerprint density at radius 1 is 1.19 bits per heavy atom. The van der Waals surface area contributed by atoms with Crippen molar-refractivity contribution in [1.29, 1.82) is 0 Å². The molecule has 32 heavy (non-hydrogen) atoms. The van der Waals surface area contributed by atoms with Gasteiger partial charge in [0.1, 0.15) is 5.69 Å². The smallest absolute Gasteiger partial charge is 0.248 e. The SMILES string of the molecule is Nc1ccccc1NC(=O)/C=C/c1cn([C@H]2C[C@H](CO)N(CCc3ccccc3)C2)nn1. The van der Waals surface area contributed by atoms with Crippen LogP contribution in [0, 0.1) is 0 Å². The first-order chi connectivity index (χ1) is 15.6. The summed E-state index contributed by atoms with van der Waals surface area (Å²) in [4.78, 5) is 14.5. The van der Waals surface area contributed by atoms with Crippen LogP contribution in [0.25, 0.3) is 6.08 Å². The average molecular weight is 433 g/mol. The highest BCUT2D eigenvalue weighted by Gasteiger charge is 2.32. The molecule has 8 heteroatoms. The van der Waals surface area contributed by atoms with Crippen LogP contribution in [0.1, 0.15) is 23.7 Å². The molecule has 1 aliphatic rings. The Hall–Kier alpha value is -3.49. The molecule has 0 bridgehead atoms. The van der Waals surface area contributed by atoms with E-state index in [0.717, 1.165) is 25.9 Å². The van der Waals surface area contributed by atoms with E-state index < -0.39 is 0 Å². The quantitative estimate of drug-likeness (QED) is 0.372. The molecule has 0 aliphatic carbocycles. The number of benzene rings is 2. The van der Waals surface area contributed by atoms with Crippen molar-refractivity contribution >= 4 is 23.4 Å². The lowest BCUT2D eigenvalue weighted by atomic mass is 10.1. The van der Waals surface area contributed by atoms with Crippen molar-refractivity contribution in [2.45, 2.75) is 24.9 Å². The lowest BCUT2D eigenvalue weighted by molar-refractivity contribution is -0.111. The molecule has 1 saturated heterocycles. The Balaban J connectivity index is 1.34. The van der Waals surface area contributed by atoms with Crippen molar-refractivity contribution < 1.29 is 9.90 Å². The Morgan fingerprint density at radius 3 is 2.75 bits per heavy atom. The molecule has 2 heterocycles. The van der Waals surface area contributed by atoms with E-state index in [1.807, 2.05) is 41.2 Å². The number of amides is 1. The second-order valence-electron chi connectivity index (χ2n) is 7.99. The third kappa shape index (κ3) is 5.40. The minimum absolute atomic E-state index is 0.106. The number of carbonyl (C=O) groups is 1. The second-order valence-corrected chi connectivity index (χ2v) is 7.99. The van der Waals surface area contributed by atoms with E-state index in [4.69, 9.17) is 5.73 Å². The molecule has 166 valence electrons. The number of nitrogen functional groups attached to an aromatic ring is 1. The van der Waals surface area contributed by atoms with Crippen LogP contribution < -0.4 is 11.1 Å². The number of anilines is 2. The second kappa shape index (κ2) is 10.2. The summed E-state index contributed by atoms with van der Waals surface area (Å²) in [7, 11) is 0. The van der Waals surface area contributed by atoms with Crippen molar-refractivity contribution in [2.24, 2.45) is 0 Å². The molecule has 1 amide bonds. The number of carbonyl (C=O) groups excluding carboxylic acids is 1. The molecule has 2 atom stereocenters. The van der Waals surface area contributed by atoms with Gasteiger partial charge in [-0.05, 0) is 36.6 Å². The van der Waals surface area contributed by atoms with Gasteiger partial charge in [-0.2, -0.15) is 0 Å². The van der Waals surface area contributed by atoms with Gasteiger partial charge in [-0.3, -0.25) is 9.69 Å². The number of hydrogen-bond donors (Lipinski definition) is 3. The molecule has 0 radical (unpaired) electrons. The van der Waals surface area contributed by atoms with Gasteiger partial charge in [0.25, 0.3) is 0 Å². The third-order valence-electron chi connectivity index (χ3n) is 5.77. The van der Waals surface area contributed by atoms with Gasteiger partial charge in [0.05, 0.1) is 30.2 Å². The standard InChI is InChI=1S/C24H28N6O2/c25-22-8-4-5-9-23(22)26-24(32)11-10-19-15-30(28-27-19)20-14-21(17-31)29(16-20)13-12-18-6-2-1-3-7-18/h1-11,15,20-21,31H,12-14,16-17,25H2,(H,26,32)/b11-10+/t20-,21+/m0/s1. The minimum atomic E-state index is -0.286. The van der Waals surface area contributed by atoms with Crippen LogP contribution >= 0.6 is 0 Å². The molecular formula is C24H28N6O2. The van der Waals surface area contributed by atoms with Crippen molar-refractivity contribution in [1.82, 2.24) is 19.9 Å². The zero-order chi connectivity index (χ0) is 22.3. The number of hydrogen-bond acceptors (Lipinski definition) is 6. The fourth-order valence-electron chi connectivity index (χ4n) is 4.02. The maximum atomic E-state index is 12.2. The van der Waals surface area contributed by atoms with E-state index in [1.54, 1.807) is 18.2 Å². The molecule has 1 aliphatic heterocycles. The molecule has 1 aromatic heterocycles. The highest BCUT2D eigenvalue weighted by Crippen LogP contribution is 2.27. The maximum Gasteiger partial charge on any atom is 0.248 e. The average Bonchev–Trinajstić information content (AvgIpc) is 3.45. The number of nitrogens with two attached hydrogens (primary N) is 1. The predicted octanol–water partition coefficient (Wildman–Crippen LogP) is 2.36. The highest BCUT2D eigenvalue weighted by atomic mass is 16.3. The van der Waals surface area contributed by atoms with Crippen LogP contribution in [-0.4, -0.2) is 56.6 Å². The number of aliphatic hydroxyl groups excluding tert-OH is 1. The first-order valence-electron chi connectivity index (χ1n) is 10.8. The van der Waals surface area contributed by atoms with Gasteiger partial charge in [0, 0.05) is 25.2 Å². The monoisotopic (exact) mass is 432 g/mol. The number of aromatic nitrogens is 3. The number of para-hydroxylation sites is 2. The van der Waals surface area contributed by atoms with Crippen molar-refractivity contribution in [2.75, 3.05) is 30.7 Å². The normalized spacial score (nSPS) is 18.9. The van der Waals surface area contributed by atoms with Crippen molar-refractivity contribution in [3.05, 3.63) is 78.1 Å². The molecule has 4 N–H and O–H groups in total. The number of likely N-dealkylation sites (tertiary alicyclic amines) is 1. The molecule has 0 saturated carbocycles. The summed E-state index contributed by atoms with van der Waals surface area (Å²) < 4.78 is 1.83. The van der Waals surface area contributed by atoms with Crippen LogP contribution in [0.5, 0.6) is 0 Å². The number of aliphatic hydroxyl groups is 1. The Morgan fingerprint density at radius 2 is 1.97 bits per heavy atom. The van der Waals surface area contributed by atoms with E-state index >= 15 is 0 Å². The van der Waals surface area contributed by atoms with Gasteiger partial charge < -0.3 is 16.2 Å². The number of nitrogens with one attached hydrogen (secondary N) is 1. The van der Waals surface area contributed by atoms with Crippen LogP contribution in [-0.2, 0) is 11.2 Å². The van der Waals surface area contributed by atoms with E-state index in [-0.39, 0.29) is 24.6 Å². The Labute approximate surface area is 187 Å². The molecule has 3 aromatic rings. The summed E-state index contributed by atoms with van der Waals surface area (Å²) in [6.07, 6.45) is 6.63. The molecule has 0 unspecified atom stereocenters. The van der Waals surface area contributed by atoms with Gasteiger partial charge in [0.15, 0.2) is 0 Å². The maximum absolute atomic E-state index is 12.2. The lowest BCUT2D eigenvalue weighted by Crippen LogP contribution is -2.34. The van der Waals surface area contributed by atoms with Crippen LogP contribution in [0.4, 0.5) is 11.4 Å². The van der Waals surface area contributed by atoms with Crippen molar-refractivity contribution in [3.63, 3.8) is 0 Å². The van der Waals surface area contributed by atoms with Gasteiger partial charge >= 0.3 is 0 Å². The summed E-state index contributed by atoms with van der Waals surface area (Å²) in [6, 6.07) is 17.7. The van der Waals surface area contributed by atoms with E-state index in [0.29, 0.717) is 17.1 Å². The number of nitrogens with zero attached hydrogens (tertiary/aromatic N) is 4. The van der Waals surface area contributed by atoms with Crippen LogP contribution in [0.15, 0.2) is 66.9 Å². The minimum Gasteiger partial charge on any atom is -0.397 e. The number of rotatable bonds is 8. The summed E-state index contributed by atoms with van der Waals surface area (Å²) in [5.41, 5.74) is 8.82. The third-order valence-corrected chi connectivity index (χ3v) is 5.77. The van der Waals surface area contributed by atoms with Gasteiger partial charge in [-0.25, -0.2) is 4.68 Å². The largest absolute Gasteiger partial charge is 0.397 e. The van der Waals surface area contributed by atoms with E-state index in [9.17, 15) is 9.90 Å². The summed E-state index contributed by atoms with van der Waals surface area (Å²) in [5.74, 6) is -0.286. The Kier molecular flexibility index (Phi) is 6.94. The van der Waals surface area contributed by atoms with Crippen LogP contribution in [0.3, 0.4) is 0 Å². The van der Waals surface area contributed by atoms with E-state index in [2.05, 4.69) is 32.7 Å². The zero-order valence-corrected chi connectivity index (χ0v) is 17.8. The van der Waals surface area contributed by atoms with Crippen molar-refractivity contribution in [3.8, 4) is 0 Å². The molecule has 0 spiro atoms. The lowest BCUT2D eigenvalue weighted by Gasteiger charge is -2.22. The van der Waals surface area contributed by atoms with Gasteiger partial charge in [-0.1, -0.05) is 47.7 Å². The summed E-state index contributed by atoms with van der Waals surface area (Å²) >= 11 is 0. The first-order valence-corrected chi connectivity index (χ1v) is 10.8. The highest BCUT2D eigenvalue weighted by molar-refractivity contribution is 6.03. The zero-order valence-electron chi connectivity index (χ0n) is 17.8. The van der Waals surface area contributed by atoms with E-state index in [1.165, 1.54) is 11.6 Å². The molecule has 1 fully saturated rings. The fourth-order valence-corrected chi connectivity index (χ4v) is 4.02. The summed E-state index contributed by atoms with van der Waals surface area (Å²) in [6.45, 7) is 1.81. The molecular weight excluding hydrogens is 404 g/mol. The molecule has 4 rings (SSSR count). The molecule has 2 aromatic carbocycles. The topological polar surface area (TPSA) is 109 Å². The summed E-state index contributed by atoms with van der Waals surface area (Å²) in [5, 5.41) is 21.0. The first kappa shape index (κ1) is 21.7. The predicted molar refractivity (Wildman–Crippen MR) is 125 cm³/mol.